The summed E-state index contributed by atoms with van der Waals surface area (Å²) in [5.41, 5.74) is 0. The highest BCUT2D eigenvalue weighted by Crippen LogP contribution is 2.57. The van der Waals surface area contributed by atoms with Crippen molar-refractivity contribution in [2.45, 2.75) is 18.9 Å². The number of hydrogen-bond donors (Lipinski definition) is 1. The molecule has 0 heterocycles. The number of methoxy groups -OCH3 is 1. The van der Waals surface area contributed by atoms with Gasteiger partial charge in [-0.25, -0.2) is 0 Å². The number of carbonyl (C=O) groups excluding carboxylic acids is 1. The Hall–Kier alpha value is -0.570. The Labute approximate surface area is 65.4 Å². The Morgan fingerprint density at radius 2 is 2.27 bits per heavy atom. The van der Waals surface area contributed by atoms with Crippen LogP contribution in [0.15, 0.2) is 0 Å². The molecule has 0 aromatic heterocycles. The van der Waals surface area contributed by atoms with Crippen molar-refractivity contribution < 1.29 is 14.6 Å². The van der Waals surface area contributed by atoms with Gasteiger partial charge in [0.25, 0.3) is 0 Å². The summed E-state index contributed by atoms with van der Waals surface area (Å²) in [5.74, 6) is 0.530. The number of aliphatic hydroxyl groups excluding tert-OH is 1. The first-order chi connectivity index (χ1) is 5.25. The Bertz CT molecular complexity index is 190. The lowest BCUT2D eigenvalue weighted by Gasteiger charge is -2.05. The maximum atomic E-state index is 11.0. The molecule has 1 N–H and O–H groups in total. The van der Waals surface area contributed by atoms with Gasteiger partial charge in [-0.2, -0.15) is 0 Å². The highest BCUT2D eigenvalue weighted by atomic mass is 16.5. The van der Waals surface area contributed by atoms with Crippen molar-refractivity contribution in [3.05, 3.63) is 0 Å². The van der Waals surface area contributed by atoms with Gasteiger partial charge in [0, 0.05) is 5.92 Å². The largest absolute Gasteiger partial charge is 0.469 e. The van der Waals surface area contributed by atoms with Crippen molar-refractivity contribution in [1.82, 2.24) is 0 Å². The molecular weight excluding hydrogens is 144 g/mol. The lowest BCUT2D eigenvalue weighted by molar-refractivity contribution is -0.143. The van der Waals surface area contributed by atoms with Gasteiger partial charge in [-0.15, -0.1) is 0 Å². The molecule has 0 amide bonds. The molecule has 0 aromatic carbocycles. The highest BCUT2D eigenvalue weighted by Gasteiger charge is 2.61. The Kier molecular flexibility index (Phi) is 1.42. The van der Waals surface area contributed by atoms with Crippen LogP contribution in [0.2, 0.25) is 0 Å². The van der Waals surface area contributed by atoms with Crippen molar-refractivity contribution in [1.29, 1.82) is 0 Å². The topological polar surface area (TPSA) is 46.5 Å². The van der Waals surface area contributed by atoms with Crippen LogP contribution >= 0.6 is 0 Å². The molecule has 2 rings (SSSR count). The summed E-state index contributed by atoms with van der Waals surface area (Å²) in [4.78, 5) is 11.0. The summed E-state index contributed by atoms with van der Waals surface area (Å²) in [7, 11) is 1.41. The SMILES string of the molecule is COC(=O)[C@H]1[C@@H]2CCC(O)[C@@H]21. The molecule has 0 aromatic rings. The molecule has 0 saturated heterocycles. The standard InChI is InChI=1S/C8H12O3/c1-11-8(10)7-4-2-3-5(9)6(4)7/h4-7,9H,2-3H2,1H3/t4-,5?,6-,7+/m1/s1. The average Bonchev–Trinajstić information content (AvgIpc) is 2.63. The minimum atomic E-state index is -0.246. The molecule has 2 saturated carbocycles. The number of hydrogen-bond acceptors (Lipinski definition) is 3. The fraction of sp³-hybridized carbons (Fsp3) is 0.875. The first kappa shape index (κ1) is 7.10. The molecular formula is C8H12O3. The van der Waals surface area contributed by atoms with E-state index in [4.69, 9.17) is 0 Å². The minimum Gasteiger partial charge on any atom is -0.469 e. The van der Waals surface area contributed by atoms with E-state index in [-0.39, 0.29) is 23.9 Å². The van der Waals surface area contributed by atoms with E-state index in [0.717, 1.165) is 12.8 Å². The molecule has 2 aliphatic rings. The normalized spacial score (nSPS) is 46.7. The molecule has 2 fully saturated rings. The van der Waals surface area contributed by atoms with Gasteiger partial charge in [0.05, 0.1) is 19.1 Å². The summed E-state index contributed by atoms with van der Waals surface area (Å²) in [6.07, 6.45) is 1.61. The molecule has 2 aliphatic carbocycles. The highest BCUT2D eigenvalue weighted by molar-refractivity contribution is 5.76. The van der Waals surface area contributed by atoms with Gasteiger partial charge >= 0.3 is 5.97 Å². The molecule has 0 spiro atoms. The van der Waals surface area contributed by atoms with Gasteiger partial charge in [0.1, 0.15) is 0 Å². The molecule has 0 radical (unpaired) electrons. The zero-order valence-electron chi connectivity index (χ0n) is 6.49. The lowest BCUT2D eigenvalue weighted by Crippen LogP contribution is -2.14. The van der Waals surface area contributed by atoms with Crippen LogP contribution in [-0.2, 0) is 9.53 Å². The van der Waals surface area contributed by atoms with E-state index in [1.165, 1.54) is 7.11 Å². The van der Waals surface area contributed by atoms with Gasteiger partial charge in [-0.3, -0.25) is 4.79 Å². The monoisotopic (exact) mass is 156 g/mol. The third-order valence-corrected chi connectivity index (χ3v) is 2.94. The van der Waals surface area contributed by atoms with E-state index in [1.54, 1.807) is 0 Å². The second-order valence-electron chi connectivity index (χ2n) is 3.43. The number of carbonyl (C=O) groups is 1. The predicted octanol–water partition coefficient (Wildman–Crippen LogP) is 0.176. The zero-order valence-corrected chi connectivity index (χ0v) is 6.49. The van der Waals surface area contributed by atoms with Crippen LogP contribution in [0.1, 0.15) is 12.8 Å². The molecule has 3 nitrogen and oxygen atoms in total. The number of aliphatic hydroxyl groups is 1. The molecule has 4 atom stereocenters. The predicted molar refractivity (Wildman–Crippen MR) is 37.7 cm³/mol. The van der Waals surface area contributed by atoms with Crippen LogP contribution in [0.3, 0.4) is 0 Å². The summed E-state index contributed by atoms with van der Waals surface area (Å²) < 4.78 is 4.61. The summed E-state index contributed by atoms with van der Waals surface area (Å²) in [5, 5.41) is 9.35. The van der Waals surface area contributed by atoms with Crippen molar-refractivity contribution in [2.75, 3.05) is 7.11 Å². The summed E-state index contributed by atoms with van der Waals surface area (Å²) >= 11 is 0. The maximum Gasteiger partial charge on any atom is 0.309 e. The van der Waals surface area contributed by atoms with Crippen molar-refractivity contribution >= 4 is 5.97 Å². The lowest BCUT2D eigenvalue weighted by atomic mass is 10.1. The molecule has 0 aliphatic heterocycles. The van der Waals surface area contributed by atoms with E-state index in [9.17, 15) is 9.90 Å². The van der Waals surface area contributed by atoms with Crippen LogP contribution < -0.4 is 0 Å². The zero-order chi connectivity index (χ0) is 8.01. The fourth-order valence-corrected chi connectivity index (χ4v) is 2.32. The Morgan fingerprint density at radius 1 is 1.55 bits per heavy atom. The third kappa shape index (κ3) is 0.872. The van der Waals surface area contributed by atoms with E-state index in [1.807, 2.05) is 0 Å². The van der Waals surface area contributed by atoms with Crippen LogP contribution in [0.4, 0.5) is 0 Å². The van der Waals surface area contributed by atoms with Gasteiger partial charge in [0.2, 0.25) is 0 Å². The fourth-order valence-electron chi connectivity index (χ4n) is 2.32. The Morgan fingerprint density at radius 3 is 2.73 bits per heavy atom. The quantitative estimate of drug-likeness (QED) is 0.551. The van der Waals surface area contributed by atoms with E-state index < -0.39 is 0 Å². The van der Waals surface area contributed by atoms with Gasteiger partial charge in [0.15, 0.2) is 0 Å². The molecule has 3 heteroatoms. The molecule has 0 bridgehead atoms. The van der Waals surface area contributed by atoms with Gasteiger partial charge in [-0.05, 0) is 18.8 Å². The first-order valence-electron chi connectivity index (χ1n) is 4.01. The molecule has 62 valence electrons. The van der Waals surface area contributed by atoms with Gasteiger partial charge in [-0.1, -0.05) is 0 Å². The van der Waals surface area contributed by atoms with Crippen LogP contribution in [-0.4, -0.2) is 24.3 Å². The second-order valence-corrected chi connectivity index (χ2v) is 3.43. The smallest absolute Gasteiger partial charge is 0.309 e. The minimum absolute atomic E-state index is 0.0174. The average molecular weight is 156 g/mol. The Balaban J connectivity index is 1.99. The van der Waals surface area contributed by atoms with Gasteiger partial charge < -0.3 is 9.84 Å². The number of esters is 1. The van der Waals surface area contributed by atoms with Crippen LogP contribution in [0.25, 0.3) is 0 Å². The number of rotatable bonds is 1. The van der Waals surface area contributed by atoms with Crippen LogP contribution in [0.5, 0.6) is 0 Å². The van der Waals surface area contributed by atoms with E-state index >= 15 is 0 Å². The van der Waals surface area contributed by atoms with Crippen molar-refractivity contribution in [3.63, 3.8) is 0 Å². The molecule has 1 unspecified atom stereocenters. The molecule has 11 heavy (non-hydrogen) atoms. The van der Waals surface area contributed by atoms with Crippen molar-refractivity contribution in [3.8, 4) is 0 Å². The van der Waals surface area contributed by atoms with Crippen molar-refractivity contribution in [2.24, 2.45) is 17.8 Å². The van der Waals surface area contributed by atoms with Crippen LogP contribution in [0, 0.1) is 17.8 Å². The third-order valence-electron chi connectivity index (χ3n) is 2.94. The van der Waals surface area contributed by atoms with E-state index in [0.29, 0.717) is 5.92 Å². The number of ether oxygens (including phenoxy) is 1. The number of fused-ring (bicyclic) bond motifs is 1. The summed E-state index contributed by atoms with van der Waals surface area (Å²) in [6.45, 7) is 0. The maximum absolute atomic E-state index is 11.0. The second kappa shape index (κ2) is 2.21. The first-order valence-corrected chi connectivity index (χ1v) is 4.01. The van der Waals surface area contributed by atoms with E-state index in [2.05, 4.69) is 4.74 Å². The summed E-state index contributed by atoms with van der Waals surface area (Å²) in [6, 6.07) is 0.